The van der Waals surface area contributed by atoms with E-state index in [2.05, 4.69) is 16.7 Å². The number of thioether (sulfide) groups is 1. The van der Waals surface area contributed by atoms with Crippen LogP contribution in [0.3, 0.4) is 0 Å². The summed E-state index contributed by atoms with van der Waals surface area (Å²) in [4.78, 5) is 3.72. The fraction of sp³-hybridized carbons (Fsp3) is 0.154. The summed E-state index contributed by atoms with van der Waals surface area (Å²) in [6, 6.07) is 9.74. The van der Waals surface area contributed by atoms with E-state index in [9.17, 15) is 0 Å². The Kier molecular flexibility index (Phi) is 6.30. The minimum Gasteiger partial charge on any atom is -0.238 e. The second-order valence-corrected chi connectivity index (χ2v) is 4.00. The molecule has 18 heavy (non-hydrogen) atoms. The SMILES string of the molecule is C=CCN(N=Cc1ccccc1)C(=NC#N)SC. The molecule has 0 amide bonds. The number of amidine groups is 1. The van der Waals surface area contributed by atoms with Gasteiger partial charge in [0.25, 0.3) is 0 Å². The van der Waals surface area contributed by atoms with Crippen molar-refractivity contribution in [1.29, 1.82) is 5.26 Å². The molecule has 0 radical (unpaired) electrons. The van der Waals surface area contributed by atoms with Gasteiger partial charge >= 0.3 is 0 Å². The van der Waals surface area contributed by atoms with E-state index >= 15 is 0 Å². The minimum absolute atomic E-state index is 0.505. The van der Waals surface area contributed by atoms with Crippen molar-refractivity contribution < 1.29 is 0 Å². The molecule has 4 nitrogen and oxygen atoms in total. The van der Waals surface area contributed by atoms with Gasteiger partial charge in [-0.1, -0.05) is 48.2 Å². The first kappa shape index (κ1) is 14.0. The van der Waals surface area contributed by atoms with Gasteiger partial charge in [-0.3, -0.25) is 0 Å². The highest BCUT2D eigenvalue weighted by Gasteiger charge is 2.06. The Morgan fingerprint density at radius 2 is 2.22 bits per heavy atom. The fourth-order valence-corrected chi connectivity index (χ4v) is 1.69. The first-order valence-corrected chi connectivity index (χ1v) is 6.52. The summed E-state index contributed by atoms with van der Waals surface area (Å²) in [5.41, 5.74) is 0.990. The van der Waals surface area contributed by atoms with Crippen LogP contribution in [-0.2, 0) is 0 Å². The van der Waals surface area contributed by atoms with Crippen molar-refractivity contribution in [2.45, 2.75) is 0 Å². The van der Waals surface area contributed by atoms with Crippen LogP contribution in [0.25, 0.3) is 0 Å². The standard InChI is InChI=1S/C13H14N4S/c1-3-9-17(13(18-2)15-11-14)16-10-12-7-5-4-6-8-12/h3-8,10H,1,9H2,2H3. The van der Waals surface area contributed by atoms with Gasteiger partial charge < -0.3 is 0 Å². The van der Waals surface area contributed by atoms with Crippen molar-refractivity contribution in [2.75, 3.05) is 12.8 Å². The van der Waals surface area contributed by atoms with Gasteiger partial charge in [0.15, 0.2) is 5.17 Å². The molecule has 0 unspecified atom stereocenters. The van der Waals surface area contributed by atoms with Crippen molar-refractivity contribution in [3.05, 3.63) is 48.6 Å². The number of nitrogens with zero attached hydrogens (tertiary/aromatic N) is 4. The summed E-state index contributed by atoms with van der Waals surface area (Å²) in [5.74, 6) is 0. The van der Waals surface area contributed by atoms with Crippen LogP contribution < -0.4 is 0 Å². The molecular formula is C13H14N4S. The zero-order valence-electron chi connectivity index (χ0n) is 10.2. The first-order valence-electron chi connectivity index (χ1n) is 5.30. The summed E-state index contributed by atoms with van der Waals surface area (Å²) >= 11 is 1.37. The van der Waals surface area contributed by atoms with E-state index in [0.29, 0.717) is 11.7 Å². The van der Waals surface area contributed by atoms with Crippen LogP contribution in [0.5, 0.6) is 0 Å². The topological polar surface area (TPSA) is 51.8 Å². The molecule has 92 valence electrons. The number of rotatable bonds is 4. The van der Waals surface area contributed by atoms with Crippen molar-refractivity contribution in [2.24, 2.45) is 10.1 Å². The Labute approximate surface area is 111 Å². The molecule has 0 saturated carbocycles. The van der Waals surface area contributed by atoms with Crippen molar-refractivity contribution >= 4 is 23.1 Å². The quantitative estimate of drug-likeness (QED) is 0.274. The van der Waals surface area contributed by atoms with Gasteiger partial charge in [0.05, 0.1) is 12.8 Å². The molecule has 0 spiro atoms. The van der Waals surface area contributed by atoms with Gasteiger partial charge in [-0.05, 0) is 11.8 Å². The van der Waals surface area contributed by atoms with E-state index in [1.807, 2.05) is 36.6 Å². The molecule has 0 heterocycles. The van der Waals surface area contributed by atoms with Gasteiger partial charge in [0.1, 0.15) is 0 Å². The van der Waals surface area contributed by atoms with E-state index in [-0.39, 0.29) is 0 Å². The maximum atomic E-state index is 8.61. The Balaban J connectivity index is 2.87. The van der Waals surface area contributed by atoms with E-state index in [0.717, 1.165) is 5.56 Å². The van der Waals surface area contributed by atoms with E-state index in [1.54, 1.807) is 23.5 Å². The molecule has 1 aromatic carbocycles. The summed E-state index contributed by atoms with van der Waals surface area (Å²) in [7, 11) is 0. The first-order chi connectivity index (χ1) is 8.81. The molecule has 0 bridgehead atoms. The Hall–Kier alpha value is -2.06. The molecule has 1 aromatic rings. The average Bonchev–Trinajstić information content (AvgIpc) is 2.42. The van der Waals surface area contributed by atoms with Crippen LogP contribution in [-0.4, -0.2) is 29.2 Å². The monoisotopic (exact) mass is 258 g/mol. The number of hydrazone groups is 1. The summed E-state index contributed by atoms with van der Waals surface area (Å²) in [6.07, 6.45) is 7.07. The van der Waals surface area contributed by atoms with Gasteiger partial charge in [-0.2, -0.15) is 10.4 Å². The second-order valence-electron chi connectivity index (χ2n) is 3.22. The third-order valence-corrected chi connectivity index (χ3v) is 2.66. The van der Waals surface area contributed by atoms with E-state index < -0.39 is 0 Å². The molecule has 0 aliphatic rings. The third kappa shape index (κ3) is 4.44. The molecule has 0 aromatic heterocycles. The van der Waals surface area contributed by atoms with Gasteiger partial charge in [-0.15, -0.1) is 11.6 Å². The maximum Gasteiger partial charge on any atom is 0.208 e. The maximum absolute atomic E-state index is 8.61. The largest absolute Gasteiger partial charge is 0.238 e. The molecule has 0 fully saturated rings. The predicted molar refractivity (Wildman–Crippen MR) is 77.5 cm³/mol. The van der Waals surface area contributed by atoms with Gasteiger partial charge in [0, 0.05) is 0 Å². The molecule has 1 rings (SSSR count). The average molecular weight is 258 g/mol. The fourth-order valence-electron chi connectivity index (χ4n) is 1.22. The lowest BCUT2D eigenvalue weighted by atomic mass is 10.2. The summed E-state index contributed by atoms with van der Waals surface area (Å²) in [5, 5.41) is 15.1. The van der Waals surface area contributed by atoms with Gasteiger partial charge in [0.2, 0.25) is 6.19 Å². The molecule has 0 aliphatic heterocycles. The second kappa shape index (κ2) is 8.09. The number of benzene rings is 1. The third-order valence-electron chi connectivity index (χ3n) is 2.00. The van der Waals surface area contributed by atoms with Crippen molar-refractivity contribution in [3.8, 4) is 6.19 Å². The highest BCUT2D eigenvalue weighted by Crippen LogP contribution is 2.06. The molecule has 0 atom stereocenters. The highest BCUT2D eigenvalue weighted by molar-refractivity contribution is 8.13. The molecule has 5 heteroatoms. The summed E-state index contributed by atoms with van der Waals surface area (Å²) < 4.78 is 0. The van der Waals surface area contributed by atoms with Crippen LogP contribution in [0.1, 0.15) is 5.56 Å². The lowest BCUT2D eigenvalue weighted by molar-refractivity contribution is 0.508. The Morgan fingerprint density at radius 1 is 1.50 bits per heavy atom. The van der Waals surface area contributed by atoms with Crippen LogP contribution in [0, 0.1) is 11.5 Å². The number of aliphatic imine (C=N–C) groups is 1. The van der Waals surface area contributed by atoms with Crippen molar-refractivity contribution in [3.63, 3.8) is 0 Å². The van der Waals surface area contributed by atoms with Crippen LogP contribution in [0.4, 0.5) is 0 Å². The predicted octanol–water partition coefficient (Wildman–Crippen LogP) is 2.71. The Bertz CT molecular complexity index is 474. The van der Waals surface area contributed by atoms with Crippen LogP contribution in [0.2, 0.25) is 0 Å². The van der Waals surface area contributed by atoms with Crippen LogP contribution >= 0.6 is 11.8 Å². The van der Waals surface area contributed by atoms with Crippen LogP contribution in [0.15, 0.2) is 53.1 Å². The highest BCUT2D eigenvalue weighted by atomic mass is 32.2. The number of hydrogen-bond acceptors (Lipinski definition) is 4. The van der Waals surface area contributed by atoms with Gasteiger partial charge in [-0.25, -0.2) is 5.01 Å². The lowest BCUT2D eigenvalue weighted by Gasteiger charge is -2.16. The van der Waals surface area contributed by atoms with E-state index in [4.69, 9.17) is 5.26 Å². The number of nitriles is 1. The smallest absolute Gasteiger partial charge is 0.208 e. The lowest BCUT2D eigenvalue weighted by Crippen LogP contribution is -2.23. The normalized spacial score (nSPS) is 11.2. The van der Waals surface area contributed by atoms with E-state index in [1.165, 1.54) is 11.8 Å². The molecule has 0 aliphatic carbocycles. The summed E-state index contributed by atoms with van der Waals surface area (Å²) in [6.45, 7) is 4.17. The molecular weight excluding hydrogens is 244 g/mol. The Morgan fingerprint density at radius 3 is 2.78 bits per heavy atom. The molecule has 0 saturated heterocycles. The minimum atomic E-state index is 0.505. The zero-order valence-corrected chi connectivity index (χ0v) is 11.0. The van der Waals surface area contributed by atoms with Crippen molar-refractivity contribution in [1.82, 2.24) is 5.01 Å². The zero-order chi connectivity index (χ0) is 13.2. The molecule has 0 N–H and O–H groups in total. The number of hydrogen-bond donors (Lipinski definition) is 0.